The molecule has 0 amide bonds. The third kappa shape index (κ3) is 3.51. The molecular formula is C15H13BrClFO2. The van der Waals surface area contributed by atoms with Gasteiger partial charge in [-0.2, -0.15) is 0 Å². The Morgan fingerprint density at radius 3 is 2.65 bits per heavy atom. The van der Waals surface area contributed by atoms with Crippen molar-refractivity contribution in [2.45, 2.75) is 12.5 Å². The van der Waals surface area contributed by atoms with Crippen molar-refractivity contribution in [1.29, 1.82) is 0 Å². The van der Waals surface area contributed by atoms with Gasteiger partial charge in [0, 0.05) is 11.4 Å². The highest BCUT2D eigenvalue weighted by atomic mass is 79.9. The van der Waals surface area contributed by atoms with E-state index in [0.29, 0.717) is 22.8 Å². The second kappa shape index (κ2) is 6.57. The molecule has 0 aromatic heterocycles. The fraction of sp³-hybridized carbons (Fsp3) is 0.200. The highest BCUT2D eigenvalue weighted by Gasteiger charge is 2.13. The maximum absolute atomic E-state index is 13.0. The summed E-state index contributed by atoms with van der Waals surface area (Å²) in [5, 5.41) is 10.6. The zero-order chi connectivity index (χ0) is 14.7. The predicted molar refractivity (Wildman–Crippen MR) is 80.8 cm³/mol. The summed E-state index contributed by atoms with van der Waals surface area (Å²) in [4.78, 5) is 0. The molecule has 2 aromatic rings. The number of halogens is 3. The fourth-order valence-corrected chi connectivity index (χ4v) is 2.71. The Labute approximate surface area is 130 Å². The van der Waals surface area contributed by atoms with Gasteiger partial charge in [0.15, 0.2) is 0 Å². The summed E-state index contributed by atoms with van der Waals surface area (Å²) in [6.07, 6.45) is -0.405. The first-order chi connectivity index (χ1) is 9.51. The first-order valence-corrected chi connectivity index (χ1v) is 7.14. The monoisotopic (exact) mass is 358 g/mol. The average molecular weight is 360 g/mol. The van der Waals surface area contributed by atoms with Gasteiger partial charge in [0.2, 0.25) is 0 Å². The number of ether oxygens (including phenoxy) is 1. The van der Waals surface area contributed by atoms with Gasteiger partial charge in [0.05, 0.1) is 17.7 Å². The minimum absolute atomic E-state index is 0.316. The molecule has 1 N–H and O–H groups in total. The molecule has 0 heterocycles. The van der Waals surface area contributed by atoms with Crippen molar-refractivity contribution in [3.63, 3.8) is 0 Å². The van der Waals surface area contributed by atoms with Gasteiger partial charge in [-0.1, -0.05) is 23.7 Å². The SMILES string of the molecule is COc1ccc(C(O)Cc2ccc(F)cc2Cl)cc1Br. The zero-order valence-corrected chi connectivity index (χ0v) is 13.1. The van der Waals surface area contributed by atoms with E-state index in [4.69, 9.17) is 16.3 Å². The normalized spacial score (nSPS) is 12.2. The van der Waals surface area contributed by atoms with E-state index in [1.165, 1.54) is 12.1 Å². The highest BCUT2D eigenvalue weighted by molar-refractivity contribution is 9.10. The number of aliphatic hydroxyl groups is 1. The average Bonchev–Trinajstić information content (AvgIpc) is 2.41. The van der Waals surface area contributed by atoms with Gasteiger partial charge in [0.25, 0.3) is 0 Å². The molecule has 0 fully saturated rings. The van der Waals surface area contributed by atoms with E-state index in [1.54, 1.807) is 31.4 Å². The van der Waals surface area contributed by atoms with Crippen LogP contribution in [0.1, 0.15) is 17.2 Å². The second-order valence-electron chi connectivity index (χ2n) is 4.35. The lowest BCUT2D eigenvalue weighted by atomic mass is 10.0. The molecule has 2 rings (SSSR count). The van der Waals surface area contributed by atoms with Crippen molar-refractivity contribution in [2.24, 2.45) is 0 Å². The quantitative estimate of drug-likeness (QED) is 0.869. The molecule has 1 unspecified atom stereocenters. The Balaban J connectivity index is 2.19. The molecule has 2 aromatic carbocycles. The van der Waals surface area contributed by atoms with Crippen LogP contribution in [0, 0.1) is 5.82 Å². The van der Waals surface area contributed by atoms with Crippen molar-refractivity contribution in [1.82, 2.24) is 0 Å². The van der Waals surface area contributed by atoms with E-state index in [1.807, 2.05) is 0 Å². The third-order valence-electron chi connectivity index (χ3n) is 2.99. The summed E-state index contributed by atoms with van der Waals surface area (Å²) < 4.78 is 18.9. The van der Waals surface area contributed by atoms with E-state index in [0.717, 1.165) is 10.0 Å². The van der Waals surface area contributed by atoms with Gasteiger partial charge in [-0.15, -0.1) is 0 Å². The minimum Gasteiger partial charge on any atom is -0.496 e. The molecule has 106 valence electrons. The van der Waals surface area contributed by atoms with Gasteiger partial charge in [-0.25, -0.2) is 4.39 Å². The number of methoxy groups -OCH3 is 1. The first kappa shape index (κ1) is 15.3. The van der Waals surface area contributed by atoms with Gasteiger partial charge in [-0.3, -0.25) is 0 Å². The number of aliphatic hydroxyl groups excluding tert-OH is 1. The summed E-state index contributed by atoms with van der Waals surface area (Å²) in [5.41, 5.74) is 1.44. The van der Waals surface area contributed by atoms with Crippen molar-refractivity contribution in [3.05, 3.63) is 62.8 Å². The molecule has 2 nitrogen and oxygen atoms in total. The maximum atomic E-state index is 13.0. The fourth-order valence-electron chi connectivity index (χ4n) is 1.90. The molecule has 0 saturated carbocycles. The largest absolute Gasteiger partial charge is 0.496 e. The van der Waals surface area contributed by atoms with Crippen LogP contribution in [-0.2, 0) is 6.42 Å². The molecule has 5 heteroatoms. The Morgan fingerprint density at radius 1 is 1.30 bits per heavy atom. The lowest BCUT2D eigenvalue weighted by Gasteiger charge is -2.14. The first-order valence-electron chi connectivity index (χ1n) is 5.96. The Kier molecular flexibility index (Phi) is 5.02. The molecule has 0 aliphatic rings. The lowest BCUT2D eigenvalue weighted by molar-refractivity contribution is 0.178. The van der Waals surface area contributed by atoms with Crippen LogP contribution in [0.5, 0.6) is 5.75 Å². The van der Waals surface area contributed by atoms with E-state index in [-0.39, 0.29) is 5.82 Å². The van der Waals surface area contributed by atoms with Gasteiger partial charge in [-0.05, 0) is 51.3 Å². The summed E-state index contributed by atoms with van der Waals surface area (Å²) >= 11 is 9.33. The molecule has 1 atom stereocenters. The molecule has 0 bridgehead atoms. The van der Waals surface area contributed by atoms with Crippen LogP contribution in [0.3, 0.4) is 0 Å². The van der Waals surface area contributed by atoms with Crippen LogP contribution in [0.2, 0.25) is 5.02 Å². The lowest BCUT2D eigenvalue weighted by Crippen LogP contribution is -2.03. The van der Waals surface area contributed by atoms with Crippen molar-refractivity contribution < 1.29 is 14.2 Å². The standard InChI is InChI=1S/C15H13BrClFO2/c1-20-15-5-3-10(6-12(15)16)14(19)7-9-2-4-11(18)8-13(9)17/h2-6,8,14,19H,7H2,1H3. The van der Waals surface area contributed by atoms with Gasteiger partial charge in [0.1, 0.15) is 11.6 Å². The Bertz CT molecular complexity index is 619. The second-order valence-corrected chi connectivity index (χ2v) is 5.61. The molecule has 0 aliphatic heterocycles. The van der Waals surface area contributed by atoms with Crippen LogP contribution in [0.15, 0.2) is 40.9 Å². The van der Waals surface area contributed by atoms with Crippen LogP contribution in [0.4, 0.5) is 4.39 Å². The molecule has 0 saturated heterocycles. The van der Waals surface area contributed by atoms with Crippen molar-refractivity contribution >= 4 is 27.5 Å². The highest BCUT2D eigenvalue weighted by Crippen LogP contribution is 2.30. The van der Waals surface area contributed by atoms with Crippen molar-refractivity contribution in [3.8, 4) is 5.75 Å². The topological polar surface area (TPSA) is 29.5 Å². The summed E-state index contributed by atoms with van der Waals surface area (Å²) in [5.74, 6) is 0.307. The van der Waals surface area contributed by atoms with Crippen LogP contribution < -0.4 is 4.74 Å². The van der Waals surface area contributed by atoms with E-state index in [2.05, 4.69) is 15.9 Å². The minimum atomic E-state index is -0.722. The van der Waals surface area contributed by atoms with Gasteiger partial charge >= 0.3 is 0 Å². The van der Waals surface area contributed by atoms with Crippen LogP contribution in [0.25, 0.3) is 0 Å². The maximum Gasteiger partial charge on any atom is 0.133 e. The molecule has 20 heavy (non-hydrogen) atoms. The molecular weight excluding hydrogens is 347 g/mol. The summed E-state index contributed by atoms with van der Waals surface area (Å²) in [6, 6.07) is 9.51. The van der Waals surface area contributed by atoms with Crippen molar-refractivity contribution in [2.75, 3.05) is 7.11 Å². The van der Waals surface area contributed by atoms with E-state index < -0.39 is 6.10 Å². The molecule has 0 spiro atoms. The number of rotatable bonds is 4. The Morgan fingerprint density at radius 2 is 2.05 bits per heavy atom. The van der Waals surface area contributed by atoms with Crippen LogP contribution >= 0.6 is 27.5 Å². The number of hydrogen-bond acceptors (Lipinski definition) is 2. The van der Waals surface area contributed by atoms with Crippen LogP contribution in [-0.4, -0.2) is 12.2 Å². The predicted octanol–water partition coefficient (Wildman–Crippen LogP) is 4.53. The zero-order valence-electron chi connectivity index (χ0n) is 10.7. The smallest absolute Gasteiger partial charge is 0.133 e. The summed E-state index contributed by atoms with van der Waals surface area (Å²) in [7, 11) is 1.58. The number of benzene rings is 2. The number of hydrogen-bond donors (Lipinski definition) is 1. The molecule has 0 radical (unpaired) electrons. The Hall–Kier alpha value is -1.10. The third-order valence-corrected chi connectivity index (χ3v) is 3.96. The molecule has 0 aliphatic carbocycles. The van der Waals surface area contributed by atoms with E-state index >= 15 is 0 Å². The summed E-state index contributed by atoms with van der Waals surface area (Å²) in [6.45, 7) is 0. The van der Waals surface area contributed by atoms with E-state index in [9.17, 15) is 9.50 Å². The van der Waals surface area contributed by atoms with Gasteiger partial charge < -0.3 is 9.84 Å².